The van der Waals surface area contributed by atoms with Gasteiger partial charge >= 0.3 is 0 Å². The molecule has 0 amide bonds. The highest BCUT2D eigenvalue weighted by atomic mass is 79.9. The molecule has 1 aromatic carbocycles. The summed E-state index contributed by atoms with van der Waals surface area (Å²) < 4.78 is 6.14. The summed E-state index contributed by atoms with van der Waals surface area (Å²) in [6.45, 7) is 1.91. The van der Waals surface area contributed by atoms with E-state index >= 15 is 0 Å². The van der Waals surface area contributed by atoms with Crippen LogP contribution in [0, 0.1) is 6.92 Å². The van der Waals surface area contributed by atoms with Crippen LogP contribution in [-0.2, 0) is 6.42 Å². The highest BCUT2D eigenvalue weighted by Crippen LogP contribution is 2.27. The number of nitrogens with one attached hydrogen (secondary N) is 1. The second-order valence-corrected chi connectivity index (χ2v) is 5.33. The molecule has 0 bridgehead atoms. The summed E-state index contributed by atoms with van der Waals surface area (Å²) in [6.07, 6.45) is 4.21. The molecular weight excluding hydrogens is 320 g/mol. The second-order valence-electron chi connectivity index (χ2n) is 4.47. The smallest absolute Gasteiger partial charge is 0.133 e. The molecular formula is C14H17BrN4O. The topological polar surface area (TPSA) is 73.1 Å². The molecule has 0 saturated heterocycles. The highest BCUT2D eigenvalue weighted by molar-refractivity contribution is 9.10. The molecule has 2 rings (SSSR count). The molecule has 0 aliphatic rings. The van der Waals surface area contributed by atoms with Crippen molar-refractivity contribution >= 4 is 15.9 Å². The fourth-order valence-corrected chi connectivity index (χ4v) is 2.49. The molecule has 3 N–H and O–H groups in total. The molecule has 1 aromatic heterocycles. The van der Waals surface area contributed by atoms with E-state index in [9.17, 15) is 0 Å². The van der Waals surface area contributed by atoms with E-state index in [0.717, 1.165) is 33.6 Å². The first kappa shape index (κ1) is 14.9. The maximum absolute atomic E-state index is 5.63. The lowest BCUT2D eigenvalue weighted by Gasteiger charge is -2.16. The predicted molar refractivity (Wildman–Crippen MR) is 81.2 cm³/mol. The molecule has 1 heterocycles. The Labute approximate surface area is 126 Å². The summed E-state index contributed by atoms with van der Waals surface area (Å²) in [5.41, 5.74) is 5.62. The number of nitrogens with two attached hydrogens (primary N) is 1. The third-order valence-electron chi connectivity index (χ3n) is 3.02. The van der Waals surface area contributed by atoms with E-state index in [0.29, 0.717) is 0 Å². The van der Waals surface area contributed by atoms with Gasteiger partial charge in [-0.2, -0.15) is 0 Å². The Bertz CT molecular complexity index is 574. The first-order valence-electron chi connectivity index (χ1n) is 6.21. The fourth-order valence-electron chi connectivity index (χ4n) is 1.90. The first-order valence-corrected chi connectivity index (χ1v) is 7.00. The Balaban J connectivity index is 2.17. The Morgan fingerprint density at radius 2 is 2.15 bits per heavy atom. The monoisotopic (exact) mass is 336 g/mol. The number of benzene rings is 1. The maximum atomic E-state index is 5.63. The van der Waals surface area contributed by atoms with Crippen molar-refractivity contribution in [3.8, 4) is 5.75 Å². The Hall–Kier alpha value is -1.50. The van der Waals surface area contributed by atoms with Gasteiger partial charge in [-0.3, -0.25) is 21.2 Å². The molecule has 1 unspecified atom stereocenters. The van der Waals surface area contributed by atoms with Crippen LogP contribution in [-0.4, -0.2) is 17.1 Å². The van der Waals surface area contributed by atoms with Crippen LogP contribution in [0.2, 0.25) is 0 Å². The lowest BCUT2D eigenvalue weighted by Crippen LogP contribution is -2.30. The van der Waals surface area contributed by atoms with Crippen LogP contribution in [0.15, 0.2) is 35.1 Å². The van der Waals surface area contributed by atoms with Gasteiger partial charge in [0.05, 0.1) is 35.2 Å². The Morgan fingerprint density at radius 3 is 2.70 bits per heavy atom. The number of hydrogen-bond acceptors (Lipinski definition) is 5. The van der Waals surface area contributed by atoms with Crippen LogP contribution < -0.4 is 16.0 Å². The SMILES string of the molecule is COc1ccc(CC(NN)c2cnc(C)cn2)cc1Br. The number of halogens is 1. The summed E-state index contributed by atoms with van der Waals surface area (Å²) in [6, 6.07) is 5.87. The van der Waals surface area contributed by atoms with Crippen molar-refractivity contribution in [2.24, 2.45) is 5.84 Å². The van der Waals surface area contributed by atoms with Crippen molar-refractivity contribution in [1.82, 2.24) is 15.4 Å². The Kier molecular flexibility index (Phi) is 5.05. The average molecular weight is 337 g/mol. The van der Waals surface area contributed by atoms with Crippen molar-refractivity contribution in [1.29, 1.82) is 0 Å². The van der Waals surface area contributed by atoms with Crippen LogP contribution in [0.25, 0.3) is 0 Å². The molecule has 5 nitrogen and oxygen atoms in total. The van der Waals surface area contributed by atoms with Crippen molar-refractivity contribution in [2.45, 2.75) is 19.4 Å². The number of hydrazine groups is 1. The number of aromatic nitrogens is 2. The van der Waals surface area contributed by atoms with E-state index in [1.807, 2.05) is 25.1 Å². The van der Waals surface area contributed by atoms with Gasteiger partial charge in [-0.15, -0.1) is 0 Å². The van der Waals surface area contributed by atoms with Crippen molar-refractivity contribution in [2.75, 3.05) is 7.11 Å². The van der Waals surface area contributed by atoms with Gasteiger partial charge in [0.15, 0.2) is 0 Å². The zero-order valence-electron chi connectivity index (χ0n) is 11.4. The number of aryl methyl sites for hydroxylation is 1. The summed E-state index contributed by atoms with van der Waals surface area (Å²) in [5, 5.41) is 0. The number of hydrogen-bond donors (Lipinski definition) is 2. The molecule has 0 spiro atoms. The molecule has 0 aliphatic heterocycles. The molecule has 1 atom stereocenters. The molecule has 20 heavy (non-hydrogen) atoms. The van der Waals surface area contributed by atoms with Crippen molar-refractivity contribution < 1.29 is 4.74 Å². The third kappa shape index (κ3) is 3.53. The maximum Gasteiger partial charge on any atom is 0.133 e. The zero-order valence-corrected chi connectivity index (χ0v) is 13.0. The van der Waals surface area contributed by atoms with Gasteiger partial charge in [0.2, 0.25) is 0 Å². The molecule has 0 saturated carbocycles. The van der Waals surface area contributed by atoms with E-state index in [-0.39, 0.29) is 6.04 Å². The summed E-state index contributed by atoms with van der Waals surface area (Å²) in [5.74, 6) is 6.44. The quantitative estimate of drug-likeness (QED) is 0.647. The van der Waals surface area contributed by atoms with Crippen molar-refractivity contribution in [3.63, 3.8) is 0 Å². The fraction of sp³-hybridized carbons (Fsp3) is 0.286. The summed E-state index contributed by atoms with van der Waals surface area (Å²) in [4.78, 5) is 8.61. The van der Waals surface area contributed by atoms with Gasteiger partial charge in [0, 0.05) is 6.20 Å². The van der Waals surface area contributed by atoms with E-state index in [1.54, 1.807) is 19.5 Å². The number of nitrogens with zero attached hydrogens (tertiary/aromatic N) is 2. The van der Waals surface area contributed by atoms with Crippen LogP contribution in [0.1, 0.15) is 23.0 Å². The second kappa shape index (κ2) is 6.78. The highest BCUT2D eigenvalue weighted by Gasteiger charge is 2.13. The van der Waals surface area contributed by atoms with Crippen LogP contribution in [0.4, 0.5) is 0 Å². The molecule has 6 heteroatoms. The predicted octanol–water partition coefficient (Wildman–Crippen LogP) is 2.30. The van der Waals surface area contributed by atoms with Crippen LogP contribution in [0.5, 0.6) is 5.75 Å². The molecule has 2 aromatic rings. The van der Waals surface area contributed by atoms with Gasteiger partial charge in [-0.25, -0.2) is 0 Å². The third-order valence-corrected chi connectivity index (χ3v) is 3.63. The lowest BCUT2D eigenvalue weighted by atomic mass is 10.0. The molecule has 106 valence electrons. The van der Waals surface area contributed by atoms with Gasteiger partial charge < -0.3 is 4.74 Å². The van der Waals surface area contributed by atoms with Gasteiger partial charge in [-0.05, 0) is 47.0 Å². The van der Waals surface area contributed by atoms with Gasteiger partial charge in [-0.1, -0.05) is 6.07 Å². The number of rotatable bonds is 5. The Morgan fingerprint density at radius 1 is 1.35 bits per heavy atom. The van der Waals surface area contributed by atoms with Crippen LogP contribution in [0.3, 0.4) is 0 Å². The number of methoxy groups -OCH3 is 1. The van der Waals surface area contributed by atoms with E-state index < -0.39 is 0 Å². The van der Waals surface area contributed by atoms with E-state index in [4.69, 9.17) is 10.6 Å². The lowest BCUT2D eigenvalue weighted by molar-refractivity contribution is 0.412. The minimum atomic E-state index is -0.0802. The molecule has 0 aliphatic carbocycles. The van der Waals surface area contributed by atoms with Crippen LogP contribution >= 0.6 is 15.9 Å². The minimum absolute atomic E-state index is 0.0802. The van der Waals surface area contributed by atoms with Crippen molar-refractivity contribution in [3.05, 3.63) is 52.0 Å². The normalized spacial score (nSPS) is 12.2. The first-order chi connectivity index (χ1) is 9.63. The average Bonchev–Trinajstić information content (AvgIpc) is 2.46. The minimum Gasteiger partial charge on any atom is -0.496 e. The molecule has 0 radical (unpaired) electrons. The largest absolute Gasteiger partial charge is 0.496 e. The zero-order chi connectivity index (χ0) is 14.5. The van der Waals surface area contributed by atoms with Gasteiger partial charge in [0.1, 0.15) is 5.75 Å². The van der Waals surface area contributed by atoms with Gasteiger partial charge in [0.25, 0.3) is 0 Å². The summed E-state index contributed by atoms with van der Waals surface area (Å²) >= 11 is 3.48. The standard InChI is InChI=1S/C14H17BrN4O/c1-9-7-18-13(8-17-9)12(19-16)6-10-3-4-14(20-2)11(15)5-10/h3-5,7-8,12,19H,6,16H2,1-2H3. The van der Waals surface area contributed by atoms with E-state index in [2.05, 4.69) is 31.3 Å². The summed E-state index contributed by atoms with van der Waals surface area (Å²) in [7, 11) is 1.64. The molecule has 0 fully saturated rings. The van der Waals surface area contributed by atoms with E-state index in [1.165, 1.54) is 0 Å². The number of ether oxygens (including phenoxy) is 1.